The molecule has 4 rings (SSSR count). The first kappa shape index (κ1) is 20.3. The van der Waals surface area contributed by atoms with Crippen molar-refractivity contribution in [3.8, 4) is 0 Å². The number of aliphatic hydroxyl groups excluding tert-OH is 1. The van der Waals surface area contributed by atoms with Crippen molar-refractivity contribution in [3.63, 3.8) is 0 Å². The molecule has 0 aromatic carbocycles. The van der Waals surface area contributed by atoms with Crippen LogP contribution in [0.5, 0.6) is 0 Å². The van der Waals surface area contributed by atoms with E-state index in [0.717, 1.165) is 38.3 Å². The Labute approximate surface area is 166 Å². The Hall–Kier alpha value is -1.94. The fraction of sp³-hybridized carbons (Fsp3) is 0.737. The molecule has 29 heavy (non-hydrogen) atoms. The Balaban J connectivity index is 1.35. The van der Waals surface area contributed by atoms with Crippen LogP contribution in [0.3, 0.4) is 0 Å². The van der Waals surface area contributed by atoms with Gasteiger partial charge in [-0.3, -0.25) is 9.69 Å². The van der Waals surface area contributed by atoms with Crippen LogP contribution in [-0.4, -0.2) is 70.9 Å². The van der Waals surface area contributed by atoms with Gasteiger partial charge in [0.2, 0.25) is 0 Å². The summed E-state index contributed by atoms with van der Waals surface area (Å²) in [4.78, 5) is 23.9. The molecular weight excluding hydrogens is 389 g/mol. The minimum atomic E-state index is -4.51. The highest BCUT2D eigenvalue weighted by molar-refractivity contribution is 5.79. The van der Waals surface area contributed by atoms with Gasteiger partial charge < -0.3 is 14.7 Å². The maximum atomic E-state index is 12.9. The van der Waals surface area contributed by atoms with Crippen molar-refractivity contribution in [2.75, 3.05) is 37.6 Å². The summed E-state index contributed by atoms with van der Waals surface area (Å²) in [6.07, 6.45) is -0.818. The number of hydrogen-bond donors (Lipinski definition) is 1. The number of halogens is 3. The Morgan fingerprint density at radius 2 is 1.86 bits per heavy atom. The van der Waals surface area contributed by atoms with E-state index in [1.54, 1.807) is 4.90 Å². The third kappa shape index (κ3) is 4.32. The van der Waals surface area contributed by atoms with Crippen LogP contribution >= 0.6 is 0 Å². The van der Waals surface area contributed by atoms with Gasteiger partial charge in [0.15, 0.2) is 0 Å². The van der Waals surface area contributed by atoms with E-state index >= 15 is 0 Å². The van der Waals surface area contributed by atoms with Gasteiger partial charge in [-0.05, 0) is 25.7 Å². The molecule has 0 radical (unpaired) electrons. The number of piperidine rings is 2. The smallest absolute Gasteiger partial charge is 0.433 e. The first-order chi connectivity index (χ1) is 13.7. The summed E-state index contributed by atoms with van der Waals surface area (Å²) in [5.74, 6) is 0.0369. The maximum absolute atomic E-state index is 12.9. The van der Waals surface area contributed by atoms with Crippen LogP contribution in [0, 0.1) is 5.41 Å². The van der Waals surface area contributed by atoms with E-state index in [9.17, 15) is 23.1 Å². The quantitative estimate of drug-likeness (QED) is 0.757. The summed E-state index contributed by atoms with van der Waals surface area (Å²) in [6.45, 7) is 3.17. The number of esters is 1. The first-order valence-corrected chi connectivity index (χ1v) is 10.0. The summed E-state index contributed by atoms with van der Waals surface area (Å²) >= 11 is 0. The van der Waals surface area contributed by atoms with Gasteiger partial charge in [0.1, 0.15) is 23.9 Å². The standard InChI is InChI=1S/C19H25F3N4O3/c20-19(21,22)15-9-16(24-12-23-15)26-7-3-18(4-8-26)10-14(29-17(18)28)11-25-5-1-13(27)2-6-25/h9,12-14,27H,1-8,10-11H2. The number of aliphatic hydroxyl groups is 1. The van der Waals surface area contributed by atoms with Gasteiger partial charge in [-0.1, -0.05) is 0 Å². The largest absolute Gasteiger partial charge is 0.461 e. The lowest BCUT2D eigenvalue weighted by atomic mass is 9.76. The lowest BCUT2D eigenvalue weighted by molar-refractivity contribution is -0.150. The van der Waals surface area contributed by atoms with Crippen molar-refractivity contribution in [1.82, 2.24) is 14.9 Å². The number of hydrogen-bond acceptors (Lipinski definition) is 7. The van der Waals surface area contributed by atoms with Crippen LogP contribution in [0.15, 0.2) is 12.4 Å². The molecule has 0 saturated carbocycles. The van der Waals surface area contributed by atoms with Crippen LogP contribution < -0.4 is 4.90 Å². The van der Waals surface area contributed by atoms with Crippen LogP contribution in [-0.2, 0) is 15.7 Å². The topological polar surface area (TPSA) is 78.8 Å². The number of carbonyl (C=O) groups is 1. The van der Waals surface area contributed by atoms with E-state index in [1.165, 1.54) is 0 Å². The van der Waals surface area contributed by atoms with Crippen LogP contribution in [0.4, 0.5) is 19.0 Å². The minimum Gasteiger partial charge on any atom is -0.461 e. The van der Waals surface area contributed by atoms with Crippen molar-refractivity contribution < 1.29 is 27.8 Å². The zero-order valence-electron chi connectivity index (χ0n) is 16.1. The fourth-order valence-electron chi connectivity index (χ4n) is 4.58. The SMILES string of the molecule is O=C1OC(CN2CCC(O)CC2)CC12CCN(c1cc(C(F)(F)F)ncn1)CC2. The van der Waals surface area contributed by atoms with E-state index in [2.05, 4.69) is 14.9 Å². The second kappa shape index (κ2) is 7.71. The molecule has 0 bridgehead atoms. The second-order valence-corrected chi connectivity index (χ2v) is 8.29. The molecule has 0 amide bonds. The summed E-state index contributed by atoms with van der Waals surface area (Å²) in [6, 6.07) is 0.957. The van der Waals surface area contributed by atoms with Gasteiger partial charge in [0, 0.05) is 45.2 Å². The average Bonchev–Trinajstić information content (AvgIpc) is 2.98. The Bertz CT molecular complexity index is 744. The summed E-state index contributed by atoms with van der Waals surface area (Å²) in [7, 11) is 0. The number of alkyl halides is 3. The summed E-state index contributed by atoms with van der Waals surface area (Å²) in [5, 5.41) is 9.62. The predicted octanol–water partition coefficient (Wildman–Crippen LogP) is 1.85. The molecule has 1 spiro atoms. The van der Waals surface area contributed by atoms with E-state index in [4.69, 9.17) is 4.74 Å². The van der Waals surface area contributed by atoms with E-state index < -0.39 is 17.3 Å². The Morgan fingerprint density at radius 1 is 1.17 bits per heavy atom. The number of ether oxygens (including phenoxy) is 1. The van der Waals surface area contributed by atoms with Crippen molar-refractivity contribution in [3.05, 3.63) is 18.1 Å². The molecule has 1 aromatic rings. The molecule has 0 aliphatic carbocycles. The normalized spacial score (nSPS) is 26.1. The number of aromatic nitrogens is 2. The van der Waals surface area contributed by atoms with Crippen molar-refractivity contribution in [2.24, 2.45) is 5.41 Å². The fourth-order valence-corrected chi connectivity index (χ4v) is 4.58. The molecule has 1 unspecified atom stereocenters. The van der Waals surface area contributed by atoms with E-state index in [0.29, 0.717) is 38.9 Å². The zero-order chi connectivity index (χ0) is 20.6. The highest BCUT2D eigenvalue weighted by Crippen LogP contribution is 2.44. The highest BCUT2D eigenvalue weighted by atomic mass is 19.4. The molecule has 3 aliphatic rings. The van der Waals surface area contributed by atoms with Gasteiger partial charge >= 0.3 is 12.1 Å². The monoisotopic (exact) mass is 414 g/mol. The van der Waals surface area contributed by atoms with Crippen molar-refractivity contribution in [2.45, 2.75) is 50.5 Å². The van der Waals surface area contributed by atoms with Gasteiger partial charge in [-0.2, -0.15) is 13.2 Å². The predicted molar refractivity (Wildman–Crippen MR) is 97.1 cm³/mol. The van der Waals surface area contributed by atoms with E-state index in [-0.39, 0.29) is 24.0 Å². The number of carbonyl (C=O) groups excluding carboxylic acids is 1. The maximum Gasteiger partial charge on any atom is 0.433 e. The van der Waals surface area contributed by atoms with Crippen LogP contribution in [0.1, 0.15) is 37.8 Å². The molecule has 3 aliphatic heterocycles. The summed E-state index contributed by atoms with van der Waals surface area (Å²) in [5.41, 5.74) is -1.52. The molecule has 1 atom stereocenters. The first-order valence-electron chi connectivity index (χ1n) is 10.0. The molecule has 1 aromatic heterocycles. The lowest BCUT2D eigenvalue weighted by Crippen LogP contribution is -2.43. The number of anilines is 1. The molecule has 3 saturated heterocycles. The number of nitrogens with zero attached hydrogens (tertiary/aromatic N) is 4. The zero-order valence-corrected chi connectivity index (χ0v) is 16.1. The van der Waals surface area contributed by atoms with Gasteiger partial charge in [0.05, 0.1) is 11.5 Å². The average molecular weight is 414 g/mol. The molecular formula is C19H25F3N4O3. The molecule has 4 heterocycles. The second-order valence-electron chi connectivity index (χ2n) is 8.29. The number of likely N-dealkylation sites (tertiary alicyclic amines) is 1. The minimum absolute atomic E-state index is 0.167. The highest BCUT2D eigenvalue weighted by Gasteiger charge is 2.51. The van der Waals surface area contributed by atoms with Crippen LogP contribution in [0.2, 0.25) is 0 Å². The Morgan fingerprint density at radius 3 is 2.52 bits per heavy atom. The summed E-state index contributed by atoms with van der Waals surface area (Å²) < 4.78 is 44.3. The lowest BCUT2D eigenvalue weighted by Gasteiger charge is -2.37. The van der Waals surface area contributed by atoms with Gasteiger partial charge in [-0.15, -0.1) is 0 Å². The van der Waals surface area contributed by atoms with Gasteiger partial charge in [0.25, 0.3) is 0 Å². The molecule has 1 N–H and O–H groups in total. The molecule has 7 nitrogen and oxygen atoms in total. The van der Waals surface area contributed by atoms with E-state index in [1.807, 2.05) is 0 Å². The van der Waals surface area contributed by atoms with Crippen LogP contribution in [0.25, 0.3) is 0 Å². The number of cyclic esters (lactones) is 1. The number of rotatable bonds is 3. The molecule has 10 heteroatoms. The molecule has 160 valence electrons. The third-order valence-electron chi connectivity index (χ3n) is 6.33. The van der Waals surface area contributed by atoms with Crippen molar-refractivity contribution in [1.29, 1.82) is 0 Å². The van der Waals surface area contributed by atoms with Crippen molar-refractivity contribution >= 4 is 11.8 Å². The van der Waals surface area contributed by atoms with Gasteiger partial charge in [-0.25, -0.2) is 9.97 Å². The third-order valence-corrected chi connectivity index (χ3v) is 6.33. The Kier molecular flexibility index (Phi) is 5.41. The molecule has 3 fully saturated rings.